The van der Waals surface area contributed by atoms with Gasteiger partial charge in [0.05, 0.1) is 24.3 Å². The maximum absolute atomic E-state index is 12.2. The third-order valence-corrected chi connectivity index (χ3v) is 3.54. The van der Waals surface area contributed by atoms with E-state index in [1.54, 1.807) is 36.1 Å². The fourth-order valence-corrected chi connectivity index (χ4v) is 2.58. The lowest BCUT2D eigenvalue weighted by Gasteiger charge is -2.44. The zero-order valence-electron chi connectivity index (χ0n) is 10.5. The second kappa shape index (κ2) is 4.25. The second-order valence-electron chi connectivity index (χ2n) is 5.30. The lowest BCUT2D eigenvalue weighted by Crippen LogP contribution is -2.62. The molecule has 19 heavy (non-hydrogen) atoms. The van der Waals surface area contributed by atoms with Crippen LogP contribution >= 0.6 is 11.6 Å². The number of halogens is 1. The van der Waals surface area contributed by atoms with Crippen LogP contribution in [-0.2, 0) is 4.79 Å². The van der Waals surface area contributed by atoms with Gasteiger partial charge in [0.15, 0.2) is 0 Å². The number of rotatable bonds is 1. The van der Waals surface area contributed by atoms with E-state index >= 15 is 0 Å². The Labute approximate surface area is 116 Å². The van der Waals surface area contributed by atoms with Crippen LogP contribution in [0.1, 0.15) is 12.5 Å². The lowest BCUT2D eigenvalue weighted by atomic mass is 9.95. The molecule has 2 aliphatic rings. The molecule has 1 saturated heterocycles. The van der Waals surface area contributed by atoms with Crippen LogP contribution in [0.25, 0.3) is 6.08 Å². The largest absolute Gasteiger partial charge is 0.488 e. The molecule has 0 spiro atoms. The lowest BCUT2D eigenvalue weighted by molar-refractivity contribution is -0.148. The first-order chi connectivity index (χ1) is 8.94. The number of hydrogen-bond acceptors (Lipinski definition) is 3. The monoisotopic (exact) mass is 279 g/mol. The Morgan fingerprint density at radius 2 is 2.21 bits per heavy atom. The minimum absolute atomic E-state index is 0.0860. The van der Waals surface area contributed by atoms with Gasteiger partial charge in [-0.2, -0.15) is 0 Å². The Morgan fingerprint density at radius 3 is 2.89 bits per heavy atom. The van der Waals surface area contributed by atoms with Gasteiger partial charge >= 0.3 is 0 Å². The number of carbonyl (C=O) groups is 1. The highest BCUT2D eigenvalue weighted by Gasteiger charge is 2.40. The Hall–Kier alpha value is -1.52. The minimum atomic E-state index is -0.757. The molecule has 0 aromatic heterocycles. The van der Waals surface area contributed by atoms with Gasteiger partial charge in [0, 0.05) is 10.6 Å². The van der Waals surface area contributed by atoms with Crippen LogP contribution in [0.15, 0.2) is 23.8 Å². The molecule has 3 rings (SSSR count). The number of ether oxygens (including phenoxy) is 1. The number of hydrogen-bond donors (Lipinski definition) is 1. The molecule has 0 radical (unpaired) electrons. The standard InChI is InChI=1S/C14H14ClNO3/c1-14(18)7-16(8-14)13(17)10-4-9-5-11(15)2-3-12(9)19-6-10/h2-5,18H,6-8H2,1H3. The first-order valence-corrected chi connectivity index (χ1v) is 6.47. The first kappa shape index (κ1) is 12.5. The SMILES string of the molecule is CC1(O)CN(C(=O)C2=Cc3cc(Cl)ccc3OC2)C1. The molecule has 1 aromatic rings. The third-order valence-electron chi connectivity index (χ3n) is 3.31. The Kier molecular flexibility index (Phi) is 2.80. The molecule has 0 atom stereocenters. The highest BCUT2D eigenvalue weighted by atomic mass is 35.5. The summed E-state index contributed by atoms with van der Waals surface area (Å²) in [6.45, 7) is 2.71. The summed E-state index contributed by atoms with van der Waals surface area (Å²) in [6.07, 6.45) is 1.81. The van der Waals surface area contributed by atoms with Crippen molar-refractivity contribution in [2.75, 3.05) is 19.7 Å². The van der Waals surface area contributed by atoms with E-state index in [1.807, 2.05) is 0 Å². The van der Waals surface area contributed by atoms with Gasteiger partial charge in [-0.15, -0.1) is 0 Å². The molecule has 1 N–H and O–H groups in total. The molecule has 2 aliphatic heterocycles. The van der Waals surface area contributed by atoms with Crippen molar-refractivity contribution in [2.24, 2.45) is 0 Å². The second-order valence-corrected chi connectivity index (χ2v) is 5.73. The number of likely N-dealkylation sites (tertiary alicyclic amines) is 1. The van der Waals surface area contributed by atoms with Crippen LogP contribution in [0.2, 0.25) is 5.02 Å². The Bertz CT molecular complexity index is 572. The number of β-amino-alcohol motifs (C(OH)–C–C–N with tert-alkyl or cyclic N) is 1. The van der Waals surface area contributed by atoms with Gasteiger partial charge in [-0.25, -0.2) is 0 Å². The molecular formula is C14H14ClNO3. The number of aliphatic hydroxyl groups is 1. The summed E-state index contributed by atoms with van der Waals surface area (Å²) in [7, 11) is 0. The van der Waals surface area contributed by atoms with E-state index in [4.69, 9.17) is 16.3 Å². The normalized spacial score (nSPS) is 19.9. The van der Waals surface area contributed by atoms with Crippen molar-refractivity contribution in [1.82, 2.24) is 4.90 Å². The number of amides is 1. The zero-order chi connectivity index (χ0) is 13.6. The quantitative estimate of drug-likeness (QED) is 0.851. The molecule has 1 fully saturated rings. The van der Waals surface area contributed by atoms with Crippen LogP contribution in [0.3, 0.4) is 0 Å². The predicted molar refractivity (Wildman–Crippen MR) is 72.1 cm³/mol. The summed E-state index contributed by atoms with van der Waals surface area (Å²) < 4.78 is 5.55. The minimum Gasteiger partial charge on any atom is -0.488 e. The number of benzene rings is 1. The number of nitrogens with zero attached hydrogens (tertiary/aromatic N) is 1. The highest BCUT2D eigenvalue weighted by molar-refractivity contribution is 6.30. The molecule has 5 heteroatoms. The van der Waals surface area contributed by atoms with Crippen LogP contribution in [0.4, 0.5) is 0 Å². The molecular weight excluding hydrogens is 266 g/mol. The predicted octanol–water partition coefficient (Wildman–Crippen LogP) is 1.71. The van der Waals surface area contributed by atoms with Gasteiger partial charge in [-0.1, -0.05) is 11.6 Å². The van der Waals surface area contributed by atoms with E-state index in [-0.39, 0.29) is 12.5 Å². The number of fused-ring (bicyclic) bond motifs is 1. The highest BCUT2D eigenvalue weighted by Crippen LogP contribution is 2.30. The first-order valence-electron chi connectivity index (χ1n) is 6.09. The summed E-state index contributed by atoms with van der Waals surface area (Å²) in [5.41, 5.74) is 0.645. The van der Waals surface area contributed by atoms with E-state index < -0.39 is 5.60 Å². The fourth-order valence-electron chi connectivity index (χ4n) is 2.39. The van der Waals surface area contributed by atoms with Gasteiger partial charge in [0.1, 0.15) is 12.4 Å². The summed E-state index contributed by atoms with van der Waals surface area (Å²) in [4.78, 5) is 13.8. The molecule has 0 bridgehead atoms. The smallest absolute Gasteiger partial charge is 0.253 e. The Morgan fingerprint density at radius 1 is 1.47 bits per heavy atom. The molecule has 1 aromatic carbocycles. The van der Waals surface area contributed by atoms with E-state index in [2.05, 4.69) is 0 Å². The Balaban J connectivity index is 1.81. The molecule has 0 saturated carbocycles. The summed E-state index contributed by atoms with van der Waals surface area (Å²) >= 11 is 5.93. The van der Waals surface area contributed by atoms with Crippen LogP contribution in [-0.4, -0.2) is 41.2 Å². The van der Waals surface area contributed by atoms with Gasteiger partial charge < -0.3 is 14.7 Å². The molecule has 4 nitrogen and oxygen atoms in total. The average Bonchev–Trinajstić information content (AvgIpc) is 2.34. The molecule has 0 unspecified atom stereocenters. The van der Waals surface area contributed by atoms with E-state index in [9.17, 15) is 9.90 Å². The van der Waals surface area contributed by atoms with E-state index in [1.165, 1.54) is 0 Å². The van der Waals surface area contributed by atoms with Gasteiger partial charge in [0.2, 0.25) is 0 Å². The van der Waals surface area contributed by atoms with Crippen molar-refractivity contribution in [3.05, 3.63) is 34.4 Å². The van der Waals surface area contributed by atoms with Crippen LogP contribution in [0, 0.1) is 0 Å². The average molecular weight is 280 g/mol. The van der Waals surface area contributed by atoms with Gasteiger partial charge in [-0.05, 0) is 31.2 Å². The third kappa shape index (κ3) is 2.33. The van der Waals surface area contributed by atoms with E-state index in [0.717, 1.165) is 11.3 Å². The maximum Gasteiger partial charge on any atom is 0.253 e. The molecule has 100 valence electrons. The molecule has 0 aliphatic carbocycles. The van der Waals surface area contributed by atoms with Crippen molar-refractivity contribution in [3.63, 3.8) is 0 Å². The number of carbonyl (C=O) groups excluding carboxylic acids is 1. The van der Waals surface area contributed by atoms with E-state index in [0.29, 0.717) is 23.7 Å². The van der Waals surface area contributed by atoms with Crippen molar-refractivity contribution in [3.8, 4) is 5.75 Å². The van der Waals surface area contributed by atoms with Crippen molar-refractivity contribution in [2.45, 2.75) is 12.5 Å². The van der Waals surface area contributed by atoms with Gasteiger partial charge in [0.25, 0.3) is 5.91 Å². The topological polar surface area (TPSA) is 49.8 Å². The fraction of sp³-hybridized carbons (Fsp3) is 0.357. The molecule has 1 amide bonds. The van der Waals surface area contributed by atoms with Crippen molar-refractivity contribution >= 4 is 23.6 Å². The van der Waals surface area contributed by atoms with Crippen molar-refractivity contribution in [1.29, 1.82) is 0 Å². The van der Waals surface area contributed by atoms with Crippen LogP contribution in [0.5, 0.6) is 5.75 Å². The van der Waals surface area contributed by atoms with Crippen LogP contribution < -0.4 is 4.74 Å². The molecule has 2 heterocycles. The summed E-state index contributed by atoms with van der Waals surface area (Å²) in [6, 6.07) is 5.33. The summed E-state index contributed by atoms with van der Waals surface area (Å²) in [5, 5.41) is 10.3. The zero-order valence-corrected chi connectivity index (χ0v) is 11.3. The maximum atomic E-state index is 12.2. The van der Waals surface area contributed by atoms with Crippen molar-refractivity contribution < 1.29 is 14.6 Å². The summed E-state index contributed by atoms with van der Waals surface area (Å²) in [5.74, 6) is 0.647. The van der Waals surface area contributed by atoms with Gasteiger partial charge in [-0.3, -0.25) is 4.79 Å².